The van der Waals surface area contributed by atoms with Gasteiger partial charge in [-0.15, -0.1) is 0 Å². The van der Waals surface area contributed by atoms with Gasteiger partial charge in [0.05, 0.1) is 13.0 Å². The third-order valence-electron chi connectivity index (χ3n) is 3.35. The first-order valence-electron chi connectivity index (χ1n) is 7.85. The molecule has 0 heterocycles. The van der Waals surface area contributed by atoms with Crippen LogP contribution < -0.4 is 15.4 Å². The van der Waals surface area contributed by atoms with Crippen molar-refractivity contribution in [3.8, 4) is 5.75 Å². The molecule has 2 aromatic carbocycles. The van der Waals surface area contributed by atoms with E-state index in [2.05, 4.69) is 10.6 Å². The number of aryl methyl sites for hydroxylation is 1. The molecule has 2 N–H and O–H groups in total. The summed E-state index contributed by atoms with van der Waals surface area (Å²) >= 11 is 0. The molecule has 24 heavy (non-hydrogen) atoms. The van der Waals surface area contributed by atoms with E-state index >= 15 is 0 Å². The van der Waals surface area contributed by atoms with Gasteiger partial charge >= 0.3 is 0 Å². The molecule has 5 heteroatoms. The van der Waals surface area contributed by atoms with E-state index in [0.717, 1.165) is 17.0 Å². The lowest BCUT2D eigenvalue weighted by atomic mass is 10.1. The first kappa shape index (κ1) is 17.5. The molecule has 0 spiro atoms. The van der Waals surface area contributed by atoms with E-state index in [1.54, 1.807) is 12.1 Å². The predicted octanol–water partition coefficient (Wildman–Crippen LogP) is 2.69. The van der Waals surface area contributed by atoms with E-state index < -0.39 is 0 Å². The van der Waals surface area contributed by atoms with Crippen LogP contribution in [0.25, 0.3) is 0 Å². The minimum Gasteiger partial charge on any atom is -0.492 e. The number of anilines is 1. The maximum absolute atomic E-state index is 11.9. The SMILES string of the molecule is CC(=O)Nc1ccc(CC(=O)NCCOc2ccc(C)cc2)cc1. The fourth-order valence-electron chi connectivity index (χ4n) is 2.15. The van der Waals surface area contributed by atoms with Crippen molar-refractivity contribution in [1.82, 2.24) is 5.32 Å². The molecule has 0 aromatic heterocycles. The molecule has 2 aromatic rings. The number of carbonyl (C=O) groups excluding carboxylic acids is 2. The number of carbonyl (C=O) groups is 2. The van der Waals surface area contributed by atoms with Crippen molar-refractivity contribution < 1.29 is 14.3 Å². The van der Waals surface area contributed by atoms with Crippen LogP contribution >= 0.6 is 0 Å². The van der Waals surface area contributed by atoms with Gasteiger partial charge in [0.2, 0.25) is 11.8 Å². The minimum atomic E-state index is -0.117. The van der Waals surface area contributed by atoms with Crippen molar-refractivity contribution >= 4 is 17.5 Å². The molecule has 0 aliphatic carbocycles. The fourth-order valence-corrected chi connectivity index (χ4v) is 2.15. The average Bonchev–Trinajstić information content (AvgIpc) is 2.55. The Morgan fingerprint density at radius 2 is 1.67 bits per heavy atom. The van der Waals surface area contributed by atoms with Crippen LogP contribution in [0.3, 0.4) is 0 Å². The highest BCUT2D eigenvalue weighted by atomic mass is 16.5. The van der Waals surface area contributed by atoms with Gasteiger partial charge in [-0.1, -0.05) is 29.8 Å². The third kappa shape index (κ3) is 6.12. The summed E-state index contributed by atoms with van der Waals surface area (Å²) in [6.45, 7) is 4.36. The van der Waals surface area contributed by atoms with Gasteiger partial charge in [-0.3, -0.25) is 9.59 Å². The van der Waals surface area contributed by atoms with Crippen LogP contribution in [-0.2, 0) is 16.0 Å². The number of nitrogens with one attached hydrogen (secondary N) is 2. The van der Waals surface area contributed by atoms with Gasteiger partial charge in [0.1, 0.15) is 12.4 Å². The van der Waals surface area contributed by atoms with Gasteiger partial charge in [0, 0.05) is 12.6 Å². The number of rotatable bonds is 7. The van der Waals surface area contributed by atoms with Crippen LogP contribution in [0.5, 0.6) is 5.75 Å². The smallest absolute Gasteiger partial charge is 0.224 e. The molecule has 2 amide bonds. The Kier molecular flexibility index (Phi) is 6.37. The Morgan fingerprint density at radius 1 is 1.00 bits per heavy atom. The van der Waals surface area contributed by atoms with Crippen LogP contribution in [0.15, 0.2) is 48.5 Å². The first-order chi connectivity index (χ1) is 11.5. The second kappa shape index (κ2) is 8.72. The second-order valence-corrected chi connectivity index (χ2v) is 5.57. The number of ether oxygens (including phenoxy) is 1. The topological polar surface area (TPSA) is 67.4 Å². The number of hydrogen-bond acceptors (Lipinski definition) is 3. The van der Waals surface area contributed by atoms with Crippen LogP contribution in [0.2, 0.25) is 0 Å². The summed E-state index contributed by atoms with van der Waals surface area (Å²) in [5, 5.41) is 5.52. The molecule has 0 radical (unpaired) electrons. The summed E-state index contributed by atoms with van der Waals surface area (Å²) < 4.78 is 5.56. The highest BCUT2D eigenvalue weighted by molar-refractivity contribution is 5.88. The fraction of sp³-hybridized carbons (Fsp3) is 0.263. The van der Waals surface area contributed by atoms with E-state index in [1.807, 2.05) is 43.3 Å². The summed E-state index contributed by atoms with van der Waals surface area (Å²) in [6, 6.07) is 15.0. The minimum absolute atomic E-state index is 0.0604. The van der Waals surface area contributed by atoms with E-state index in [1.165, 1.54) is 12.5 Å². The van der Waals surface area contributed by atoms with Gasteiger partial charge in [-0.25, -0.2) is 0 Å². The molecule has 2 rings (SSSR count). The maximum Gasteiger partial charge on any atom is 0.224 e. The van der Waals surface area contributed by atoms with E-state index in [0.29, 0.717) is 19.6 Å². The zero-order valence-corrected chi connectivity index (χ0v) is 14.0. The molecule has 0 bridgehead atoms. The average molecular weight is 326 g/mol. The quantitative estimate of drug-likeness (QED) is 0.769. The first-order valence-corrected chi connectivity index (χ1v) is 7.85. The van der Waals surface area contributed by atoms with Crippen molar-refractivity contribution in [2.24, 2.45) is 0 Å². The highest BCUT2D eigenvalue weighted by Crippen LogP contribution is 2.11. The second-order valence-electron chi connectivity index (χ2n) is 5.57. The molecule has 0 saturated heterocycles. The highest BCUT2D eigenvalue weighted by Gasteiger charge is 2.04. The molecule has 0 saturated carbocycles. The zero-order valence-electron chi connectivity index (χ0n) is 14.0. The van der Waals surface area contributed by atoms with Crippen molar-refractivity contribution in [3.05, 3.63) is 59.7 Å². The standard InChI is InChI=1S/C19H22N2O3/c1-14-3-9-18(10-4-14)24-12-11-20-19(23)13-16-5-7-17(8-6-16)21-15(2)22/h3-10H,11-13H2,1-2H3,(H,20,23)(H,21,22). The van der Waals surface area contributed by atoms with E-state index in [-0.39, 0.29) is 11.8 Å². The van der Waals surface area contributed by atoms with Crippen molar-refractivity contribution in [2.75, 3.05) is 18.5 Å². The van der Waals surface area contributed by atoms with Gasteiger partial charge in [-0.05, 0) is 36.8 Å². The number of hydrogen-bond donors (Lipinski definition) is 2. The maximum atomic E-state index is 11.9. The molecule has 0 unspecified atom stereocenters. The molecule has 0 aliphatic heterocycles. The van der Waals surface area contributed by atoms with Crippen LogP contribution in [0, 0.1) is 6.92 Å². The normalized spacial score (nSPS) is 10.1. The zero-order chi connectivity index (χ0) is 17.4. The van der Waals surface area contributed by atoms with Gasteiger partial charge in [-0.2, -0.15) is 0 Å². The monoisotopic (exact) mass is 326 g/mol. The summed E-state index contributed by atoms with van der Waals surface area (Å²) in [4.78, 5) is 22.8. The molecule has 0 fully saturated rings. The predicted molar refractivity (Wildman–Crippen MR) is 94.1 cm³/mol. The summed E-state index contributed by atoms with van der Waals surface area (Å²) in [6.07, 6.45) is 0.297. The van der Waals surface area contributed by atoms with E-state index in [4.69, 9.17) is 4.74 Å². The molecule has 126 valence electrons. The summed E-state index contributed by atoms with van der Waals surface area (Å²) in [5.41, 5.74) is 2.79. The van der Waals surface area contributed by atoms with Crippen LogP contribution in [-0.4, -0.2) is 25.0 Å². The lowest BCUT2D eigenvalue weighted by Crippen LogP contribution is -2.29. The van der Waals surface area contributed by atoms with Crippen LogP contribution in [0.1, 0.15) is 18.1 Å². The Morgan fingerprint density at radius 3 is 2.29 bits per heavy atom. The summed E-state index contributed by atoms with van der Waals surface area (Å²) in [7, 11) is 0. The number of benzene rings is 2. The Hall–Kier alpha value is -2.82. The lowest BCUT2D eigenvalue weighted by molar-refractivity contribution is -0.120. The van der Waals surface area contributed by atoms with Crippen molar-refractivity contribution in [1.29, 1.82) is 0 Å². The van der Waals surface area contributed by atoms with Crippen LogP contribution in [0.4, 0.5) is 5.69 Å². The lowest BCUT2D eigenvalue weighted by Gasteiger charge is -2.08. The van der Waals surface area contributed by atoms with E-state index in [9.17, 15) is 9.59 Å². The Balaban J connectivity index is 1.69. The molecular weight excluding hydrogens is 304 g/mol. The molecule has 0 aliphatic rings. The largest absolute Gasteiger partial charge is 0.492 e. The number of amides is 2. The van der Waals surface area contributed by atoms with Crippen molar-refractivity contribution in [3.63, 3.8) is 0 Å². The molecule has 0 atom stereocenters. The van der Waals surface area contributed by atoms with Gasteiger partial charge in [0.15, 0.2) is 0 Å². The molecular formula is C19H22N2O3. The third-order valence-corrected chi connectivity index (χ3v) is 3.35. The Bertz CT molecular complexity index is 679. The van der Waals surface area contributed by atoms with Crippen molar-refractivity contribution in [2.45, 2.75) is 20.3 Å². The Labute approximate surface area is 142 Å². The summed E-state index contributed by atoms with van der Waals surface area (Å²) in [5.74, 6) is 0.618. The van der Waals surface area contributed by atoms with Gasteiger partial charge in [0.25, 0.3) is 0 Å². The van der Waals surface area contributed by atoms with Gasteiger partial charge < -0.3 is 15.4 Å². The molecule has 5 nitrogen and oxygen atoms in total.